The number of H-pyrrole nitrogens is 1. The van der Waals surface area contributed by atoms with Crippen molar-refractivity contribution in [2.75, 3.05) is 31.1 Å². The Bertz CT molecular complexity index is 1530. The molecular weight excluding hydrogens is 496 g/mol. The predicted octanol–water partition coefficient (Wildman–Crippen LogP) is 2.73. The first-order chi connectivity index (χ1) is 19.0. The van der Waals surface area contributed by atoms with Crippen LogP contribution in [0.1, 0.15) is 61.1 Å². The Morgan fingerprint density at radius 2 is 1.82 bits per heavy atom. The lowest BCUT2D eigenvalue weighted by Crippen LogP contribution is -3.15. The van der Waals surface area contributed by atoms with Crippen molar-refractivity contribution in [2.45, 2.75) is 51.1 Å². The number of aryl methyl sites for hydroxylation is 1. The Labute approximate surface area is 225 Å². The third kappa shape index (κ3) is 4.89. The van der Waals surface area contributed by atoms with Crippen LogP contribution in [0, 0.1) is 17.0 Å². The lowest BCUT2D eigenvalue weighted by molar-refractivity contribution is -0.927. The maximum atomic E-state index is 13.6. The number of nitro groups is 1. The number of rotatable bonds is 6. The van der Waals surface area contributed by atoms with Gasteiger partial charge in [-0.2, -0.15) is 0 Å². The van der Waals surface area contributed by atoms with Crippen LogP contribution in [-0.2, 0) is 0 Å². The molecule has 202 valence electrons. The van der Waals surface area contributed by atoms with E-state index in [9.17, 15) is 14.9 Å². The lowest BCUT2D eigenvalue weighted by Gasteiger charge is -2.37. The van der Waals surface area contributed by atoms with Gasteiger partial charge >= 0.3 is 0 Å². The third-order valence-electron chi connectivity index (χ3n) is 8.36. The van der Waals surface area contributed by atoms with Crippen LogP contribution in [-0.4, -0.2) is 56.3 Å². The SMILES string of the molecule is Cc1cccc2cc(C(c3nnnn3C3CCCCC3)[NH+]3CCN(c4ccc([N+](=O)[O-])cc4)CC3)c(=O)[nH]c12. The second-order valence-electron chi connectivity index (χ2n) is 10.7. The van der Waals surface area contributed by atoms with Gasteiger partial charge in [-0.05, 0) is 59.3 Å². The number of aromatic amines is 1. The normalized spacial score (nSPS) is 17.9. The van der Waals surface area contributed by atoms with E-state index in [0.29, 0.717) is 5.56 Å². The maximum absolute atomic E-state index is 13.6. The van der Waals surface area contributed by atoms with Crippen LogP contribution in [0.4, 0.5) is 11.4 Å². The first kappa shape index (κ1) is 25.2. The summed E-state index contributed by atoms with van der Waals surface area (Å²) in [7, 11) is 0. The minimum Gasteiger partial charge on any atom is -0.360 e. The van der Waals surface area contributed by atoms with E-state index in [1.54, 1.807) is 24.3 Å². The number of non-ortho nitro benzene ring substituents is 1. The molecule has 2 aliphatic rings. The molecule has 11 nitrogen and oxygen atoms in total. The van der Waals surface area contributed by atoms with Crippen molar-refractivity contribution in [1.29, 1.82) is 0 Å². The number of nitro benzene ring substituents is 1. The van der Waals surface area contributed by atoms with Crippen LogP contribution < -0.4 is 15.4 Å². The van der Waals surface area contributed by atoms with E-state index in [2.05, 4.69) is 25.4 Å². The van der Waals surface area contributed by atoms with Crippen molar-refractivity contribution in [3.63, 3.8) is 0 Å². The summed E-state index contributed by atoms with van der Waals surface area (Å²) in [6.45, 7) is 5.04. The topological polar surface area (TPSA) is 127 Å². The summed E-state index contributed by atoms with van der Waals surface area (Å²) in [6.07, 6.45) is 5.63. The highest BCUT2D eigenvalue weighted by atomic mass is 16.6. The monoisotopic (exact) mass is 529 g/mol. The highest BCUT2D eigenvalue weighted by molar-refractivity contribution is 5.82. The number of pyridine rings is 1. The Morgan fingerprint density at radius 1 is 1.08 bits per heavy atom. The van der Waals surface area contributed by atoms with Gasteiger partial charge in [0.1, 0.15) is 0 Å². The smallest absolute Gasteiger partial charge is 0.269 e. The zero-order valence-electron chi connectivity index (χ0n) is 22.0. The van der Waals surface area contributed by atoms with Gasteiger partial charge in [0.05, 0.1) is 48.2 Å². The molecule has 0 spiro atoms. The van der Waals surface area contributed by atoms with E-state index < -0.39 is 0 Å². The van der Waals surface area contributed by atoms with E-state index in [1.807, 2.05) is 35.9 Å². The fourth-order valence-electron chi connectivity index (χ4n) is 6.26. The van der Waals surface area contributed by atoms with Crippen molar-refractivity contribution in [1.82, 2.24) is 25.2 Å². The summed E-state index contributed by atoms with van der Waals surface area (Å²) in [4.78, 5) is 30.9. The molecular formula is C28H33N8O3+. The van der Waals surface area contributed by atoms with E-state index in [0.717, 1.165) is 79.8 Å². The summed E-state index contributed by atoms with van der Waals surface area (Å²) in [5.41, 5.74) is 3.51. The molecule has 11 heteroatoms. The highest BCUT2D eigenvalue weighted by Gasteiger charge is 2.37. The Morgan fingerprint density at radius 3 is 2.54 bits per heavy atom. The van der Waals surface area contributed by atoms with Crippen molar-refractivity contribution in [3.8, 4) is 0 Å². The van der Waals surface area contributed by atoms with Crippen LogP contribution >= 0.6 is 0 Å². The average molecular weight is 530 g/mol. The summed E-state index contributed by atoms with van der Waals surface area (Å²) in [5, 5.41) is 25.1. The minimum absolute atomic E-state index is 0.0865. The molecule has 1 saturated carbocycles. The van der Waals surface area contributed by atoms with E-state index >= 15 is 0 Å². The van der Waals surface area contributed by atoms with Crippen molar-refractivity contribution in [2.24, 2.45) is 0 Å². The Hall–Kier alpha value is -4.12. The zero-order valence-corrected chi connectivity index (χ0v) is 22.0. The fourth-order valence-corrected chi connectivity index (χ4v) is 6.26. The number of fused-ring (bicyclic) bond motifs is 1. The molecule has 0 amide bonds. The lowest BCUT2D eigenvalue weighted by atomic mass is 9.95. The van der Waals surface area contributed by atoms with Gasteiger partial charge in [-0.25, -0.2) is 4.68 Å². The maximum Gasteiger partial charge on any atom is 0.269 e. The standard InChI is InChI=1S/C28H32N8O3/c1-19-6-5-7-20-18-24(28(37)29-25(19)20)26(27-30-31-32-35(27)22-8-3-2-4-9-22)34-16-14-33(15-17-34)21-10-12-23(13-11-21)36(38)39/h5-7,10-13,18,22,26H,2-4,8-9,14-17H2,1H3,(H,29,37)/p+1. The molecule has 4 aromatic rings. The molecule has 1 atom stereocenters. The molecule has 1 aliphatic heterocycles. The van der Waals surface area contributed by atoms with Crippen molar-refractivity contribution in [3.05, 3.63) is 86.0 Å². The zero-order chi connectivity index (χ0) is 26.9. The van der Waals surface area contributed by atoms with Crippen LogP contribution in [0.25, 0.3) is 10.9 Å². The van der Waals surface area contributed by atoms with Gasteiger partial charge in [-0.1, -0.05) is 37.5 Å². The molecule has 1 aliphatic carbocycles. The number of piperazine rings is 1. The van der Waals surface area contributed by atoms with Crippen LogP contribution in [0.5, 0.6) is 0 Å². The number of para-hydroxylation sites is 1. The molecule has 0 bridgehead atoms. The average Bonchev–Trinajstić information content (AvgIpc) is 3.44. The number of nitrogens with one attached hydrogen (secondary N) is 2. The molecule has 2 N–H and O–H groups in total. The predicted molar refractivity (Wildman–Crippen MR) is 147 cm³/mol. The fraction of sp³-hybridized carbons (Fsp3) is 0.429. The second kappa shape index (κ2) is 10.6. The van der Waals surface area contributed by atoms with Gasteiger partial charge < -0.3 is 14.8 Å². The van der Waals surface area contributed by atoms with Gasteiger partial charge in [0.25, 0.3) is 11.2 Å². The van der Waals surface area contributed by atoms with E-state index in [-0.39, 0.29) is 28.3 Å². The molecule has 2 aromatic heterocycles. The molecule has 2 fully saturated rings. The molecule has 6 rings (SSSR count). The number of hydrogen-bond donors (Lipinski definition) is 2. The van der Waals surface area contributed by atoms with Gasteiger partial charge in [0.15, 0.2) is 6.04 Å². The number of aromatic nitrogens is 5. The number of anilines is 1. The molecule has 39 heavy (non-hydrogen) atoms. The van der Waals surface area contributed by atoms with Crippen molar-refractivity contribution < 1.29 is 9.82 Å². The highest BCUT2D eigenvalue weighted by Crippen LogP contribution is 2.30. The van der Waals surface area contributed by atoms with Crippen LogP contribution in [0.15, 0.2) is 53.3 Å². The molecule has 3 heterocycles. The van der Waals surface area contributed by atoms with E-state index in [4.69, 9.17) is 0 Å². The number of quaternary nitrogens is 1. The van der Waals surface area contributed by atoms with Crippen LogP contribution in [0.2, 0.25) is 0 Å². The van der Waals surface area contributed by atoms with Gasteiger partial charge in [-0.3, -0.25) is 14.9 Å². The molecule has 1 saturated heterocycles. The molecule has 2 aromatic carbocycles. The Balaban J connectivity index is 1.35. The summed E-state index contributed by atoms with van der Waals surface area (Å²) < 4.78 is 1.99. The quantitative estimate of drug-likeness (QED) is 0.290. The molecule has 1 unspecified atom stereocenters. The first-order valence-corrected chi connectivity index (χ1v) is 13.7. The van der Waals surface area contributed by atoms with Gasteiger partial charge in [0.2, 0.25) is 5.82 Å². The number of hydrogen-bond acceptors (Lipinski definition) is 7. The summed E-state index contributed by atoms with van der Waals surface area (Å²) >= 11 is 0. The summed E-state index contributed by atoms with van der Waals surface area (Å²) in [6, 6.07) is 14.7. The molecule has 0 radical (unpaired) electrons. The number of nitrogens with zero attached hydrogens (tertiary/aromatic N) is 6. The van der Waals surface area contributed by atoms with Gasteiger partial charge in [0, 0.05) is 17.8 Å². The van der Waals surface area contributed by atoms with Crippen LogP contribution in [0.3, 0.4) is 0 Å². The van der Waals surface area contributed by atoms with E-state index in [1.165, 1.54) is 11.3 Å². The largest absolute Gasteiger partial charge is 0.360 e. The number of tetrazole rings is 1. The number of benzene rings is 2. The Kier molecular flexibility index (Phi) is 6.82. The second-order valence-corrected chi connectivity index (χ2v) is 10.7. The van der Waals surface area contributed by atoms with Gasteiger partial charge in [-0.15, -0.1) is 5.10 Å². The first-order valence-electron chi connectivity index (χ1n) is 13.7. The summed E-state index contributed by atoms with van der Waals surface area (Å²) in [5.74, 6) is 0.748. The van der Waals surface area contributed by atoms with Crippen molar-refractivity contribution >= 4 is 22.3 Å². The third-order valence-corrected chi connectivity index (χ3v) is 8.36. The minimum atomic E-state index is -0.379.